The van der Waals surface area contributed by atoms with E-state index in [-0.39, 0.29) is 17.6 Å². The van der Waals surface area contributed by atoms with Crippen molar-refractivity contribution in [2.45, 2.75) is 19.8 Å². The van der Waals surface area contributed by atoms with Crippen LogP contribution in [0.25, 0.3) is 0 Å². The van der Waals surface area contributed by atoms with Gasteiger partial charge in [-0.2, -0.15) is 0 Å². The number of benzene rings is 1. The van der Waals surface area contributed by atoms with Gasteiger partial charge in [-0.3, -0.25) is 4.79 Å². The number of piperidine rings is 1. The number of amides is 1. The van der Waals surface area contributed by atoms with E-state index in [4.69, 9.17) is 4.74 Å². The SMILES string of the molecule is CCS(=O)(=O)N1CCC(C(=O)N(C)c2cccc(OC)c2)CC1. The van der Waals surface area contributed by atoms with Gasteiger partial charge in [-0.25, -0.2) is 12.7 Å². The zero-order chi connectivity index (χ0) is 17.0. The predicted molar refractivity (Wildman–Crippen MR) is 90.2 cm³/mol. The van der Waals surface area contributed by atoms with Gasteiger partial charge in [-0.15, -0.1) is 0 Å². The lowest BCUT2D eigenvalue weighted by atomic mass is 9.96. The van der Waals surface area contributed by atoms with E-state index in [1.54, 1.807) is 26.0 Å². The first kappa shape index (κ1) is 17.7. The Morgan fingerprint density at radius 3 is 2.57 bits per heavy atom. The predicted octanol–water partition coefficient (Wildman–Crippen LogP) is 1.72. The van der Waals surface area contributed by atoms with Crippen molar-refractivity contribution in [2.75, 3.05) is 37.9 Å². The number of rotatable bonds is 5. The van der Waals surface area contributed by atoms with Crippen LogP contribution in [0.1, 0.15) is 19.8 Å². The number of sulfonamides is 1. The number of hydrogen-bond donors (Lipinski definition) is 0. The van der Waals surface area contributed by atoms with Gasteiger partial charge in [-0.05, 0) is 31.9 Å². The zero-order valence-corrected chi connectivity index (χ0v) is 14.7. The molecule has 0 aliphatic carbocycles. The van der Waals surface area contributed by atoms with Crippen LogP contribution in [0.5, 0.6) is 5.75 Å². The number of carbonyl (C=O) groups excluding carboxylic acids is 1. The first-order valence-corrected chi connectivity index (χ1v) is 9.39. The van der Waals surface area contributed by atoms with Crippen LogP contribution in [0.4, 0.5) is 5.69 Å². The summed E-state index contributed by atoms with van der Waals surface area (Å²) in [5.41, 5.74) is 0.776. The minimum Gasteiger partial charge on any atom is -0.497 e. The van der Waals surface area contributed by atoms with Crippen LogP contribution in [-0.4, -0.2) is 51.6 Å². The Labute approximate surface area is 138 Å². The maximum atomic E-state index is 12.6. The minimum atomic E-state index is -3.16. The summed E-state index contributed by atoms with van der Waals surface area (Å²) in [6, 6.07) is 7.34. The molecule has 0 radical (unpaired) electrons. The van der Waals surface area contributed by atoms with E-state index in [1.165, 1.54) is 4.31 Å². The van der Waals surface area contributed by atoms with Gasteiger partial charge in [0, 0.05) is 37.8 Å². The van der Waals surface area contributed by atoms with Crippen molar-refractivity contribution in [1.29, 1.82) is 0 Å². The first-order valence-electron chi connectivity index (χ1n) is 7.78. The van der Waals surface area contributed by atoms with Crippen LogP contribution >= 0.6 is 0 Å². The summed E-state index contributed by atoms with van der Waals surface area (Å²) in [5.74, 6) is 0.683. The Balaban J connectivity index is 2.01. The van der Waals surface area contributed by atoms with Crippen molar-refractivity contribution >= 4 is 21.6 Å². The molecule has 1 amide bonds. The average Bonchev–Trinajstić information content (AvgIpc) is 2.60. The van der Waals surface area contributed by atoms with Gasteiger partial charge in [0.1, 0.15) is 5.75 Å². The fourth-order valence-corrected chi connectivity index (χ4v) is 3.92. The molecule has 23 heavy (non-hydrogen) atoms. The van der Waals surface area contributed by atoms with Gasteiger partial charge in [0.15, 0.2) is 0 Å². The Morgan fingerprint density at radius 1 is 1.35 bits per heavy atom. The monoisotopic (exact) mass is 340 g/mol. The van der Waals surface area contributed by atoms with Crippen molar-refractivity contribution in [3.8, 4) is 5.75 Å². The molecule has 0 spiro atoms. The van der Waals surface area contributed by atoms with E-state index in [1.807, 2.05) is 24.3 Å². The van der Waals surface area contributed by atoms with Crippen LogP contribution in [0, 0.1) is 5.92 Å². The standard InChI is InChI=1S/C16H24N2O4S/c1-4-23(20,21)18-10-8-13(9-11-18)16(19)17(2)14-6-5-7-15(12-14)22-3/h5-7,12-13H,4,8-11H2,1-3H3. The molecule has 1 aliphatic heterocycles. The number of nitrogens with zero attached hydrogens (tertiary/aromatic N) is 2. The lowest BCUT2D eigenvalue weighted by molar-refractivity contribution is -0.123. The lowest BCUT2D eigenvalue weighted by Crippen LogP contribution is -2.44. The molecule has 1 aromatic carbocycles. The summed E-state index contributed by atoms with van der Waals surface area (Å²) < 4.78 is 30.4. The van der Waals surface area contributed by atoms with Gasteiger partial charge >= 0.3 is 0 Å². The molecular weight excluding hydrogens is 316 g/mol. The summed E-state index contributed by atoms with van der Waals surface area (Å²) in [6.07, 6.45) is 1.12. The van der Waals surface area contributed by atoms with Gasteiger partial charge in [-0.1, -0.05) is 6.07 Å². The Kier molecular flexibility index (Phi) is 5.64. The largest absolute Gasteiger partial charge is 0.497 e. The van der Waals surface area contributed by atoms with Crippen molar-refractivity contribution < 1.29 is 17.9 Å². The molecule has 1 saturated heterocycles. The van der Waals surface area contributed by atoms with Crippen molar-refractivity contribution in [3.05, 3.63) is 24.3 Å². The van der Waals surface area contributed by atoms with Crippen molar-refractivity contribution in [1.82, 2.24) is 4.31 Å². The highest BCUT2D eigenvalue weighted by Gasteiger charge is 2.31. The van der Waals surface area contributed by atoms with E-state index >= 15 is 0 Å². The molecule has 0 N–H and O–H groups in total. The van der Waals surface area contributed by atoms with Crippen LogP contribution < -0.4 is 9.64 Å². The van der Waals surface area contributed by atoms with E-state index < -0.39 is 10.0 Å². The van der Waals surface area contributed by atoms with Crippen LogP contribution in [0.15, 0.2) is 24.3 Å². The van der Waals surface area contributed by atoms with Gasteiger partial charge in [0.2, 0.25) is 15.9 Å². The fourth-order valence-electron chi connectivity index (χ4n) is 2.78. The van der Waals surface area contributed by atoms with Gasteiger partial charge in [0.05, 0.1) is 12.9 Å². The highest BCUT2D eigenvalue weighted by Crippen LogP contribution is 2.26. The lowest BCUT2D eigenvalue weighted by Gasteiger charge is -2.32. The third-order valence-corrected chi connectivity index (χ3v) is 6.21. The fraction of sp³-hybridized carbons (Fsp3) is 0.562. The molecule has 0 aromatic heterocycles. The zero-order valence-electron chi connectivity index (χ0n) is 13.9. The molecule has 1 heterocycles. The maximum Gasteiger partial charge on any atom is 0.229 e. The second-order valence-electron chi connectivity index (χ2n) is 5.67. The molecule has 0 bridgehead atoms. The molecule has 0 atom stereocenters. The quantitative estimate of drug-likeness (QED) is 0.818. The molecule has 7 heteroatoms. The highest BCUT2D eigenvalue weighted by atomic mass is 32.2. The van der Waals surface area contributed by atoms with E-state index in [0.717, 1.165) is 5.69 Å². The molecule has 6 nitrogen and oxygen atoms in total. The summed E-state index contributed by atoms with van der Waals surface area (Å²) in [6.45, 7) is 2.47. The van der Waals surface area contributed by atoms with E-state index in [9.17, 15) is 13.2 Å². The molecule has 1 fully saturated rings. The molecule has 128 valence electrons. The smallest absolute Gasteiger partial charge is 0.229 e. The minimum absolute atomic E-state index is 0.0202. The van der Waals surface area contributed by atoms with E-state index in [0.29, 0.717) is 31.7 Å². The third kappa shape index (κ3) is 4.03. The van der Waals surface area contributed by atoms with Gasteiger partial charge < -0.3 is 9.64 Å². The Hall–Kier alpha value is -1.60. The van der Waals surface area contributed by atoms with Crippen LogP contribution in [0.2, 0.25) is 0 Å². The Morgan fingerprint density at radius 2 is 2.00 bits per heavy atom. The molecule has 0 saturated carbocycles. The molecule has 0 unspecified atom stereocenters. The summed E-state index contributed by atoms with van der Waals surface area (Å²) >= 11 is 0. The maximum absolute atomic E-state index is 12.6. The summed E-state index contributed by atoms with van der Waals surface area (Å²) in [5, 5.41) is 0. The van der Waals surface area contributed by atoms with E-state index in [2.05, 4.69) is 0 Å². The summed E-state index contributed by atoms with van der Waals surface area (Å²) in [7, 11) is 0.171. The molecule has 1 aliphatic rings. The van der Waals surface area contributed by atoms with Crippen LogP contribution in [0.3, 0.4) is 0 Å². The van der Waals surface area contributed by atoms with Crippen LogP contribution in [-0.2, 0) is 14.8 Å². The Bertz CT molecular complexity index is 652. The molecular formula is C16H24N2O4S. The first-order chi connectivity index (χ1) is 10.9. The molecule has 2 rings (SSSR count). The van der Waals surface area contributed by atoms with Crippen molar-refractivity contribution in [3.63, 3.8) is 0 Å². The second-order valence-corrected chi connectivity index (χ2v) is 7.93. The average molecular weight is 340 g/mol. The normalized spacial score (nSPS) is 17.0. The van der Waals surface area contributed by atoms with Gasteiger partial charge in [0.25, 0.3) is 0 Å². The van der Waals surface area contributed by atoms with Crippen molar-refractivity contribution in [2.24, 2.45) is 5.92 Å². The number of carbonyl (C=O) groups is 1. The number of anilines is 1. The number of hydrogen-bond acceptors (Lipinski definition) is 4. The number of methoxy groups -OCH3 is 1. The highest BCUT2D eigenvalue weighted by molar-refractivity contribution is 7.89. The number of ether oxygens (including phenoxy) is 1. The topological polar surface area (TPSA) is 66.9 Å². The second kappa shape index (κ2) is 7.31. The third-order valence-electron chi connectivity index (χ3n) is 4.33. The summed E-state index contributed by atoms with van der Waals surface area (Å²) in [4.78, 5) is 14.3. The molecule has 1 aromatic rings.